The summed E-state index contributed by atoms with van der Waals surface area (Å²) < 4.78 is 37.8. The summed E-state index contributed by atoms with van der Waals surface area (Å²) >= 11 is 0. The Morgan fingerprint density at radius 2 is 1.90 bits per heavy atom. The molecule has 1 saturated heterocycles. The maximum absolute atomic E-state index is 12.6. The van der Waals surface area contributed by atoms with E-state index >= 15 is 0 Å². The first-order chi connectivity index (χ1) is 10.0. The van der Waals surface area contributed by atoms with Crippen LogP contribution in [0.5, 0.6) is 0 Å². The van der Waals surface area contributed by atoms with Crippen molar-refractivity contribution >= 4 is 5.69 Å². The van der Waals surface area contributed by atoms with Crippen LogP contribution in [0, 0.1) is 11.3 Å². The zero-order valence-corrected chi connectivity index (χ0v) is 11.7. The topological polar surface area (TPSA) is 39.1 Å². The van der Waals surface area contributed by atoms with Crippen molar-refractivity contribution in [1.82, 2.24) is 4.90 Å². The number of piperidine rings is 1. The van der Waals surface area contributed by atoms with Gasteiger partial charge in [0.05, 0.1) is 16.8 Å². The molecule has 0 unspecified atom stereocenters. The van der Waals surface area contributed by atoms with Crippen molar-refractivity contribution in [2.45, 2.75) is 25.4 Å². The number of hydrogen-bond acceptors (Lipinski definition) is 3. The van der Waals surface area contributed by atoms with E-state index in [4.69, 9.17) is 5.26 Å². The summed E-state index contributed by atoms with van der Waals surface area (Å²) in [6.07, 6.45) is -0.757. The van der Waals surface area contributed by atoms with Gasteiger partial charge < -0.3 is 10.2 Å². The second kappa shape index (κ2) is 6.81. The lowest BCUT2D eigenvalue weighted by molar-refractivity contribution is -0.137. The van der Waals surface area contributed by atoms with Crippen molar-refractivity contribution in [3.8, 4) is 6.07 Å². The summed E-state index contributed by atoms with van der Waals surface area (Å²) in [6, 6.07) is 5.05. The van der Waals surface area contributed by atoms with Crippen LogP contribution in [0.3, 0.4) is 0 Å². The van der Waals surface area contributed by atoms with Gasteiger partial charge in [-0.2, -0.15) is 18.4 Å². The number of benzene rings is 1. The van der Waals surface area contributed by atoms with Crippen molar-refractivity contribution < 1.29 is 13.2 Å². The largest absolute Gasteiger partial charge is 0.416 e. The third kappa shape index (κ3) is 4.36. The quantitative estimate of drug-likeness (QED) is 0.925. The van der Waals surface area contributed by atoms with Crippen LogP contribution in [-0.4, -0.2) is 31.1 Å². The van der Waals surface area contributed by atoms with E-state index in [9.17, 15) is 13.2 Å². The predicted octanol–water partition coefficient (Wildman–Crippen LogP) is 3.47. The van der Waals surface area contributed by atoms with Crippen LogP contribution in [0.2, 0.25) is 0 Å². The molecule has 0 radical (unpaired) electrons. The number of nitrogens with one attached hydrogen (secondary N) is 1. The van der Waals surface area contributed by atoms with E-state index in [1.807, 2.05) is 6.07 Å². The van der Waals surface area contributed by atoms with Gasteiger partial charge in [-0.25, -0.2) is 0 Å². The highest BCUT2D eigenvalue weighted by molar-refractivity contribution is 5.59. The van der Waals surface area contributed by atoms with Crippen LogP contribution < -0.4 is 5.32 Å². The summed E-state index contributed by atoms with van der Waals surface area (Å²) in [5.74, 6) is 0. The van der Waals surface area contributed by atoms with Crippen LogP contribution in [0.15, 0.2) is 18.2 Å². The summed E-state index contributed by atoms with van der Waals surface area (Å²) in [6.45, 7) is 3.60. The number of alkyl halides is 3. The van der Waals surface area contributed by atoms with E-state index in [0.29, 0.717) is 12.2 Å². The van der Waals surface area contributed by atoms with E-state index < -0.39 is 11.7 Å². The van der Waals surface area contributed by atoms with E-state index in [1.165, 1.54) is 25.3 Å². The molecular weight excluding hydrogens is 279 g/mol. The van der Waals surface area contributed by atoms with Crippen molar-refractivity contribution in [2.24, 2.45) is 0 Å². The fraction of sp³-hybridized carbons (Fsp3) is 0.533. The number of likely N-dealkylation sites (tertiary alicyclic amines) is 1. The average molecular weight is 297 g/mol. The Balaban J connectivity index is 1.95. The molecule has 1 aromatic carbocycles. The third-order valence-electron chi connectivity index (χ3n) is 3.66. The second-order valence-corrected chi connectivity index (χ2v) is 5.20. The Hall–Kier alpha value is -1.74. The highest BCUT2D eigenvalue weighted by Gasteiger charge is 2.31. The van der Waals surface area contributed by atoms with Crippen LogP contribution in [0.25, 0.3) is 0 Å². The lowest BCUT2D eigenvalue weighted by atomic mass is 10.1. The molecule has 6 heteroatoms. The number of halogens is 3. The summed E-state index contributed by atoms with van der Waals surface area (Å²) in [4.78, 5) is 2.33. The van der Waals surface area contributed by atoms with E-state index in [-0.39, 0.29) is 5.56 Å². The van der Waals surface area contributed by atoms with Crippen LogP contribution in [-0.2, 0) is 6.18 Å². The van der Waals surface area contributed by atoms with Crippen molar-refractivity contribution in [3.05, 3.63) is 29.3 Å². The molecule has 3 nitrogen and oxygen atoms in total. The monoisotopic (exact) mass is 297 g/mol. The van der Waals surface area contributed by atoms with Gasteiger partial charge in [-0.05, 0) is 44.1 Å². The molecule has 1 aliphatic heterocycles. The minimum atomic E-state index is -4.42. The Morgan fingerprint density at radius 3 is 2.52 bits per heavy atom. The van der Waals surface area contributed by atoms with Gasteiger partial charge in [0.25, 0.3) is 0 Å². The van der Waals surface area contributed by atoms with Gasteiger partial charge in [0.2, 0.25) is 0 Å². The molecule has 1 aromatic rings. The second-order valence-electron chi connectivity index (χ2n) is 5.20. The molecule has 21 heavy (non-hydrogen) atoms. The Morgan fingerprint density at radius 1 is 1.19 bits per heavy atom. The summed E-state index contributed by atoms with van der Waals surface area (Å²) in [7, 11) is 0. The average Bonchev–Trinajstić information content (AvgIpc) is 2.47. The highest BCUT2D eigenvalue weighted by Crippen LogP contribution is 2.31. The molecule has 0 atom stereocenters. The molecule has 1 heterocycles. The van der Waals surface area contributed by atoms with Gasteiger partial charge in [-0.1, -0.05) is 6.42 Å². The summed E-state index contributed by atoms with van der Waals surface area (Å²) in [5, 5.41) is 12.0. The smallest absolute Gasteiger partial charge is 0.383 e. The fourth-order valence-corrected chi connectivity index (χ4v) is 2.50. The Bertz CT molecular complexity index is 514. The zero-order valence-electron chi connectivity index (χ0n) is 11.7. The zero-order chi connectivity index (χ0) is 15.3. The lowest BCUT2D eigenvalue weighted by Crippen LogP contribution is -2.33. The number of rotatable bonds is 4. The van der Waals surface area contributed by atoms with E-state index in [1.54, 1.807) is 0 Å². The fourth-order valence-electron chi connectivity index (χ4n) is 2.50. The molecule has 2 rings (SSSR count). The predicted molar refractivity (Wildman–Crippen MR) is 74.9 cm³/mol. The van der Waals surface area contributed by atoms with Crippen LogP contribution in [0.4, 0.5) is 18.9 Å². The van der Waals surface area contributed by atoms with Crippen molar-refractivity contribution in [3.63, 3.8) is 0 Å². The molecule has 0 bridgehead atoms. The first kappa shape index (κ1) is 15.6. The van der Waals surface area contributed by atoms with E-state index in [0.717, 1.165) is 31.8 Å². The molecule has 0 spiro atoms. The van der Waals surface area contributed by atoms with Crippen molar-refractivity contribution in [1.29, 1.82) is 5.26 Å². The maximum atomic E-state index is 12.6. The van der Waals surface area contributed by atoms with Crippen LogP contribution in [0.1, 0.15) is 30.4 Å². The van der Waals surface area contributed by atoms with Gasteiger partial charge in [0.1, 0.15) is 6.07 Å². The molecule has 1 N–H and O–H groups in total. The molecule has 0 amide bonds. The molecule has 114 valence electrons. The number of nitriles is 1. The molecule has 1 aliphatic rings. The minimum absolute atomic E-state index is 0.0310. The van der Waals surface area contributed by atoms with Crippen LogP contribution >= 0.6 is 0 Å². The highest BCUT2D eigenvalue weighted by atomic mass is 19.4. The van der Waals surface area contributed by atoms with Gasteiger partial charge in [0.15, 0.2) is 0 Å². The van der Waals surface area contributed by atoms with Gasteiger partial charge in [-0.15, -0.1) is 0 Å². The number of nitrogens with zero attached hydrogens (tertiary/aromatic N) is 2. The molecule has 1 fully saturated rings. The molecule has 0 aromatic heterocycles. The van der Waals surface area contributed by atoms with Gasteiger partial charge in [-0.3, -0.25) is 0 Å². The first-order valence-corrected chi connectivity index (χ1v) is 7.08. The summed E-state index contributed by atoms with van der Waals surface area (Å²) in [5.41, 5.74) is -0.299. The lowest BCUT2D eigenvalue weighted by Gasteiger charge is -2.26. The molecule has 0 saturated carbocycles. The Labute approximate surface area is 122 Å². The normalized spacial score (nSPS) is 16.5. The number of hydrogen-bond donors (Lipinski definition) is 1. The van der Waals surface area contributed by atoms with Crippen molar-refractivity contribution in [2.75, 3.05) is 31.5 Å². The van der Waals surface area contributed by atoms with E-state index in [2.05, 4.69) is 10.2 Å². The Kier molecular flexibility index (Phi) is 5.07. The van der Waals surface area contributed by atoms with Gasteiger partial charge >= 0.3 is 6.18 Å². The minimum Gasteiger partial charge on any atom is -0.383 e. The van der Waals surface area contributed by atoms with Gasteiger partial charge in [0, 0.05) is 13.1 Å². The standard InChI is InChI=1S/C15H18F3N3/c16-15(17,18)13-4-5-14(12(10-13)11-19)20-6-9-21-7-2-1-3-8-21/h4-5,10,20H,1-3,6-9H2. The SMILES string of the molecule is N#Cc1cc(C(F)(F)F)ccc1NCCN1CCCCC1. The molecular formula is C15H18F3N3. The number of anilines is 1. The first-order valence-electron chi connectivity index (χ1n) is 7.08. The maximum Gasteiger partial charge on any atom is 0.416 e. The third-order valence-corrected chi connectivity index (χ3v) is 3.66. The molecule has 0 aliphatic carbocycles.